The van der Waals surface area contributed by atoms with Crippen LogP contribution < -0.4 is 15.8 Å². The number of carbonyl (C=O) groups excluding carboxylic acids is 1. The summed E-state index contributed by atoms with van der Waals surface area (Å²) in [6.45, 7) is 4.27. The second kappa shape index (κ2) is 7.25. The standard InChI is InChI=1S/C13H21N3O3S/c1-3-8-15-12(17)7-9-16-20(18,19)13-10(2)5-4-6-11(13)14/h4-6,16H,3,7-9,14H2,1-2H3,(H,15,17). The molecule has 0 radical (unpaired) electrons. The van der Waals surface area contributed by atoms with Crippen LogP contribution in [-0.4, -0.2) is 27.4 Å². The molecule has 0 aliphatic rings. The minimum atomic E-state index is -3.69. The number of nitrogens with two attached hydrogens (primary N) is 1. The van der Waals surface area contributed by atoms with Gasteiger partial charge in [0.1, 0.15) is 4.90 Å². The zero-order valence-corrected chi connectivity index (χ0v) is 12.6. The van der Waals surface area contributed by atoms with Crippen LogP contribution in [0.5, 0.6) is 0 Å². The fourth-order valence-electron chi connectivity index (χ4n) is 1.77. The summed E-state index contributed by atoms with van der Waals surface area (Å²) in [5, 5.41) is 2.68. The Morgan fingerprint density at radius 2 is 2.00 bits per heavy atom. The van der Waals surface area contributed by atoms with E-state index in [2.05, 4.69) is 10.0 Å². The third kappa shape index (κ3) is 4.50. The van der Waals surface area contributed by atoms with E-state index in [4.69, 9.17) is 5.73 Å². The third-order valence-electron chi connectivity index (χ3n) is 2.73. The molecule has 0 fully saturated rings. The van der Waals surface area contributed by atoms with Gasteiger partial charge in [-0.2, -0.15) is 0 Å². The Labute approximate surface area is 119 Å². The lowest BCUT2D eigenvalue weighted by Gasteiger charge is -2.11. The van der Waals surface area contributed by atoms with Crippen molar-refractivity contribution in [2.24, 2.45) is 0 Å². The molecule has 1 aromatic carbocycles. The van der Waals surface area contributed by atoms with Crippen LogP contribution in [0.2, 0.25) is 0 Å². The number of carbonyl (C=O) groups is 1. The summed E-state index contributed by atoms with van der Waals surface area (Å²) >= 11 is 0. The van der Waals surface area contributed by atoms with Gasteiger partial charge in [0.15, 0.2) is 0 Å². The summed E-state index contributed by atoms with van der Waals surface area (Å²) in [7, 11) is -3.69. The van der Waals surface area contributed by atoms with Crippen LogP contribution >= 0.6 is 0 Å². The van der Waals surface area contributed by atoms with E-state index in [9.17, 15) is 13.2 Å². The molecule has 1 rings (SSSR count). The molecule has 0 saturated carbocycles. The first-order chi connectivity index (χ1) is 9.38. The van der Waals surface area contributed by atoms with Gasteiger partial charge in [0.2, 0.25) is 15.9 Å². The molecular weight excluding hydrogens is 278 g/mol. The summed E-state index contributed by atoms with van der Waals surface area (Å²) in [4.78, 5) is 11.5. The van der Waals surface area contributed by atoms with Crippen molar-refractivity contribution in [3.05, 3.63) is 23.8 Å². The smallest absolute Gasteiger partial charge is 0.242 e. The molecule has 20 heavy (non-hydrogen) atoms. The molecule has 1 amide bonds. The van der Waals surface area contributed by atoms with E-state index in [1.165, 1.54) is 6.07 Å². The summed E-state index contributed by atoms with van der Waals surface area (Å²) in [5.74, 6) is -0.174. The topological polar surface area (TPSA) is 101 Å². The monoisotopic (exact) mass is 299 g/mol. The van der Waals surface area contributed by atoms with Crippen molar-refractivity contribution >= 4 is 21.6 Å². The molecule has 1 aromatic rings. The zero-order chi connectivity index (χ0) is 15.2. The molecule has 0 unspecified atom stereocenters. The quantitative estimate of drug-likeness (QED) is 0.647. The van der Waals surface area contributed by atoms with E-state index in [1.54, 1.807) is 19.1 Å². The van der Waals surface area contributed by atoms with Gasteiger partial charge in [-0.3, -0.25) is 4.79 Å². The first-order valence-electron chi connectivity index (χ1n) is 6.50. The first-order valence-corrected chi connectivity index (χ1v) is 7.98. The average Bonchev–Trinajstić information content (AvgIpc) is 2.35. The van der Waals surface area contributed by atoms with Gasteiger partial charge in [-0.1, -0.05) is 19.1 Å². The molecule has 0 aliphatic heterocycles. The van der Waals surface area contributed by atoms with Crippen molar-refractivity contribution in [1.82, 2.24) is 10.0 Å². The van der Waals surface area contributed by atoms with Gasteiger partial charge < -0.3 is 11.1 Å². The highest BCUT2D eigenvalue weighted by Gasteiger charge is 2.19. The lowest BCUT2D eigenvalue weighted by atomic mass is 10.2. The Bertz CT molecular complexity index is 550. The average molecular weight is 299 g/mol. The Hall–Kier alpha value is -1.60. The van der Waals surface area contributed by atoms with E-state index in [-0.39, 0.29) is 29.5 Å². The van der Waals surface area contributed by atoms with Crippen LogP contribution in [0.15, 0.2) is 23.1 Å². The van der Waals surface area contributed by atoms with Crippen molar-refractivity contribution in [3.63, 3.8) is 0 Å². The highest BCUT2D eigenvalue weighted by Crippen LogP contribution is 2.21. The van der Waals surface area contributed by atoms with Crippen LogP contribution in [0, 0.1) is 6.92 Å². The zero-order valence-electron chi connectivity index (χ0n) is 11.8. The molecule has 7 heteroatoms. The van der Waals surface area contributed by atoms with Crippen LogP contribution in [0.4, 0.5) is 5.69 Å². The number of amides is 1. The number of sulfonamides is 1. The SMILES string of the molecule is CCCNC(=O)CCNS(=O)(=O)c1c(C)cccc1N. The van der Waals surface area contributed by atoms with Crippen LogP contribution in [0.1, 0.15) is 25.3 Å². The predicted molar refractivity (Wildman–Crippen MR) is 78.7 cm³/mol. The van der Waals surface area contributed by atoms with Gasteiger partial charge in [-0.15, -0.1) is 0 Å². The summed E-state index contributed by atoms with van der Waals surface area (Å²) in [6, 6.07) is 4.91. The normalized spacial score (nSPS) is 11.3. The van der Waals surface area contributed by atoms with Crippen molar-refractivity contribution in [1.29, 1.82) is 0 Å². The molecule has 0 atom stereocenters. The molecule has 0 spiro atoms. The van der Waals surface area contributed by atoms with E-state index in [1.807, 2.05) is 6.92 Å². The van der Waals surface area contributed by atoms with Gasteiger partial charge in [-0.25, -0.2) is 13.1 Å². The number of hydrogen-bond acceptors (Lipinski definition) is 4. The van der Waals surface area contributed by atoms with E-state index >= 15 is 0 Å². The lowest BCUT2D eigenvalue weighted by Crippen LogP contribution is -2.31. The first kappa shape index (κ1) is 16.5. The van der Waals surface area contributed by atoms with Crippen molar-refractivity contribution in [3.8, 4) is 0 Å². The number of aryl methyl sites for hydroxylation is 1. The minimum absolute atomic E-state index is 0.0473. The molecule has 0 bridgehead atoms. The Kier molecular flexibility index (Phi) is 5.97. The Morgan fingerprint density at radius 1 is 1.30 bits per heavy atom. The number of anilines is 1. The Morgan fingerprint density at radius 3 is 2.60 bits per heavy atom. The highest BCUT2D eigenvalue weighted by molar-refractivity contribution is 7.89. The maximum atomic E-state index is 12.1. The number of rotatable bonds is 7. The number of benzene rings is 1. The summed E-state index contributed by atoms with van der Waals surface area (Å²) in [5.41, 5.74) is 6.48. The second-order valence-corrected chi connectivity index (χ2v) is 6.19. The van der Waals surface area contributed by atoms with Gasteiger partial charge in [0.25, 0.3) is 0 Å². The molecule has 0 aliphatic carbocycles. The van der Waals surface area contributed by atoms with E-state index < -0.39 is 10.0 Å². The highest BCUT2D eigenvalue weighted by atomic mass is 32.2. The van der Waals surface area contributed by atoms with Crippen LogP contribution in [0.3, 0.4) is 0 Å². The van der Waals surface area contributed by atoms with E-state index in [0.717, 1.165) is 6.42 Å². The molecule has 0 aromatic heterocycles. The second-order valence-electron chi connectivity index (χ2n) is 4.49. The van der Waals surface area contributed by atoms with E-state index in [0.29, 0.717) is 12.1 Å². The fraction of sp³-hybridized carbons (Fsp3) is 0.462. The molecule has 4 N–H and O–H groups in total. The largest absolute Gasteiger partial charge is 0.398 e. The fourth-order valence-corrected chi connectivity index (χ4v) is 3.15. The van der Waals surface area contributed by atoms with Gasteiger partial charge in [-0.05, 0) is 25.0 Å². The molecule has 6 nitrogen and oxygen atoms in total. The van der Waals surface area contributed by atoms with Crippen molar-refractivity contribution in [2.45, 2.75) is 31.6 Å². The Balaban J connectivity index is 2.65. The van der Waals surface area contributed by atoms with Crippen molar-refractivity contribution < 1.29 is 13.2 Å². The lowest BCUT2D eigenvalue weighted by molar-refractivity contribution is -0.120. The number of hydrogen-bond donors (Lipinski definition) is 3. The van der Waals surface area contributed by atoms with Gasteiger partial charge in [0, 0.05) is 19.5 Å². The molecule has 112 valence electrons. The maximum Gasteiger partial charge on any atom is 0.242 e. The molecule has 0 saturated heterocycles. The number of nitrogens with one attached hydrogen (secondary N) is 2. The molecular formula is C13H21N3O3S. The van der Waals surface area contributed by atoms with Crippen LogP contribution in [0.25, 0.3) is 0 Å². The maximum absolute atomic E-state index is 12.1. The van der Waals surface area contributed by atoms with Crippen LogP contribution in [-0.2, 0) is 14.8 Å². The predicted octanol–water partition coefficient (Wildman–Crippen LogP) is 0.772. The van der Waals surface area contributed by atoms with Gasteiger partial charge in [0.05, 0.1) is 5.69 Å². The van der Waals surface area contributed by atoms with Crippen molar-refractivity contribution in [2.75, 3.05) is 18.8 Å². The number of nitrogen functional groups attached to an aromatic ring is 1. The minimum Gasteiger partial charge on any atom is -0.398 e. The summed E-state index contributed by atoms with van der Waals surface area (Å²) in [6.07, 6.45) is 0.947. The van der Waals surface area contributed by atoms with Gasteiger partial charge >= 0.3 is 0 Å². The summed E-state index contributed by atoms with van der Waals surface area (Å²) < 4.78 is 26.7. The third-order valence-corrected chi connectivity index (χ3v) is 4.41. The molecule has 0 heterocycles.